The van der Waals surface area contributed by atoms with Crippen molar-refractivity contribution in [3.63, 3.8) is 0 Å². The topological polar surface area (TPSA) is 54.3 Å². The molecule has 32 heavy (non-hydrogen) atoms. The maximum Gasteiger partial charge on any atom is 0.263 e. The lowest BCUT2D eigenvalue weighted by Crippen LogP contribution is -2.37. The molecular formula is C23H25Cl2N5OS. The predicted molar refractivity (Wildman–Crippen MR) is 135 cm³/mol. The minimum Gasteiger partial charge on any atom is -0.308 e. The van der Waals surface area contributed by atoms with Gasteiger partial charge in [-0.3, -0.25) is 9.69 Å². The Kier molecular flexibility index (Phi) is 7.56. The SMILES string of the molecule is Cc1cc(Cl)cc2sc(N(CCN(C)C)C(=O)c3cnn(-c4ccccc4)c3C)nc12.Cl. The summed E-state index contributed by atoms with van der Waals surface area (Å²) in [7, 11) is 3.98. The number of rotatable bonds is 6. The second-order valence-corrected chi connectivity index (χ2v) is 9.16. The zero-order valence-corrected chi connectivity index (χ0v) is 20.8. The van der Waals surface area contributed by atoms with Crippen LogP contribution in [0.1, 0.15) is 21.6 Å². The molecule has 6 nitrogen and oxygen atoms in total. The average Bonchev–Trinajstić information content (AvgIpc) is 3.32. The van der Waals surface area contributed by atoms with Crippen molar-refractivity contribution < 1.29 is 4.79 Å². The maximum absolute atomic E-state index is 13.6. The lowest BCUT2D eigenvalue weighted by Gasteiger charge is -2.21. The Morgan fingerprint density at radius 3 is 2.53 bits per heavy atom. The van der Waals surface area contributed by atoms with Gasteiger partial charge in [0, 0.05) is 18.1 Å². The molecule has 1 amide bonds. The number of fused-ring (bicyclic) bond motifs is 1. The quantitative estimate of drug-likeness (QED) is 0.364. The number of aromatic nitrogens is 3. The van der Waals surface area contributed by atoms with Crippen LogP contribution in [0.4, 0.5) is 5.13 Å². The summed E-state index contributed by atoms with van der Waals surface area (Å²) < 4.78 is 2.76. The summed E-state index contributed by atoms with van der Waals surface area (Å²) in [5.74, 6) is -0.107. The van der Waals surface area contributed by atoms with Crippen LogP contribution in [-0.2, 0) is 0 Å². The van der Waals surface area contributed by atoms with E-state index < -0.39 is 0 Å². The summed E-state index contributed by atoms with van der Waals surface area (Å²) in [6.45, 7) is 5.14. The first-order chi connectivity index (χ1) is 14.8. The smallest absolute Gasteiger partial charge is 0.263 e. The van der Waals surface area contributed by atoms with Gasteiger partial charge in [-0.1, -0.05) is 41.1 Å². The number of benzene rings is 2. The highest BCUT2D eigenvalue weighted by Gasteiger charge is 2.25. The van der Waals surface area contributed by atoms with Crippen LogP contribution in [0.5, 0.6) is 0 Å². The molecule has 0 aliphatic carbocycles. The van der Waals surface area contributed by atoms with Gasteiger partial charge in [0.2, 0.25) is 0 Å². The Labute approximate surface area is 202 Å². The minimum atomic E-state index is -0.107. The molecule has 2 heterocycles. The molecule has 0 saturated heterocycles. The van der Waals surface area contributed by atoms with Gasteiger partial charge in [0.15, 0.2) is 5.13 Å². The van der Waals surface area contributed by atoms with Crippen LogP contribution in [0.2, 0.25) is 5.02 Å². The van der Waals surface area contributed by atoms with Gasteiger partial charge >= 0.3 is 0 Å². The van der Waals surface area contributed by atoms with E-state index in [4.69, 9.17) is 16.6 Å². The molecule has 0 spiro atoms. The highest BCUT2D eigenvalue weighted by Crippen LogP contribution is 2.34. The Morgan fingerprint density at radius 2 is 1.84 bits per heavy atom. The Hall–Kier alpha value is -2.45. The van der Waals surface area contributed by atoms with Gasteiger partial charge in [-0.25, -0.2) is 9.67 Å². The number of likely N-dealkylation sites (N-methyl/N-ethyl adjacent to an activating group) is 1. The van der Waals surface area contributed by atoms with Crippen molar-refractivity contribution in [2.45, 2.75) is 13.8 Å². The molecular weight excluding hydrogens is 465 g/mol. The number of thiazole rings is 1. The lowest BCUT2D eigenvalue weighted by molar-refractivity contribution is 0.0984. The fourth-order valence-electron chi connectivity index (χ4n) is 3.44. The van der Waals surface area contributed by atoms with Crippen molar-refractivity contribution in [2.75, 3.05) is 32.1 Å². The van der Waals surface area contributed by atoms with E-state index in [1.807, 2.05) is 70.4 Å². The molecule has 0 unspecified atom stereocenters. The van der Waals surface area contributed by atoms with Gasteiger partial charge in [-0.2, -0.15) is 5.10 Å². The first-order valence-corrected chi connectivity index (χ1v) is 11.2. The van der Waals surface area contributed by atoms with Crippen molar-refractivity contribution in [3.8, 4) is 5.69 Å². The number of carbonyl (C=O) groups excluding carboxylic acids is 1. The number of halogens is 2. The van der Waals surface area contributed by atoms with Crippen LogP contribution in [0, 0.1) is 13.8 Å². The molecule has 0 radical (unpaired) electrons. The molecule has 2 aromatic heterocycles. The van der Waals surface area contributed by atoms with Crippen LogP contribution in [0.25, 0.3) is 15.9 Å². The van der Waals surface area contributed by atoms with E-state index >= 15 is 0 Å². The highest BCUT2D eigenvalue weighted by atomic mass is 35.5. The lowest BCUT2D eigenvalue weighted by atomic mass is 10.2. The summed E-state index contributed by atoms with van der Waals surface area (Å²) in [5, 5.41) is 5.81. The summed E-state index contributed by atoms with van der Waals surface area (Å²) in [4.78, 5) is 22.2. The van der Waals surface area contributed by atoms with Crippen molar-refractivity contribution in [3.05, 3.63) is 70.5 Å². The highest BCUT2D eigenvalue weighted by molar-refractivity contribution is 7.22. The molecule has 0 aliphatic rings. The van der Waals surface area contributed by atoms with E-state index in [0.29, 0.717) is 28.8 Å². The number of carbonyl (C=O) groups is 1. The van der Waals surface area contributed by atoms with E-state index in [-0.39, 0.29) is 18.3 Å². The third kappa shape index (κ3) is 4.81. The van der Waals surface area contributed by atoms with Gasteiger partial charge in [0.1, 0.15) is 0 Å². The fourth-order valence-corrected chi connectivity index (χ4v) is 4.88. The maximum atomic E-state index is 13.6. The molecule has 0 atom stereocenters. The second kappa shape index (κ2) is 10.0. The van der Waals surface area contributed by atoms with E-state index in [0.717, 1.165) is 27.2 Å². The van der Waals surface area contributed by atoms with Crippen molar-refractivity contribution in [2.24, 2.45) is 0 Å². The third-order valence-electron chi connectivity index (χ3n) is 5.13. The van der Waals surface area contributed by atoms with Crippen LogP contribution in [0.3, 0.4) is 0 Å². The Bertz CT molecular complexity index is 1240. The monoisotopic (exact) mass is 489 g/mol. The number of hydrogen-bond donors (Lipinski definition) is 0. The molecule has 0 N–H and O–H groups in total. The van der Waals surface area contributed by atoms with Crippen LogP contribution in [0.15, 0.2) is 48.7 Å². The summed E-state index contributed by atoms with van der Waals surface area (Å²) in [6.07, 6.45) is 1.64. The molecule has 9 heteroatoms. The molecule has 0 aliphatic heterocycles. The van der Waals surface area contributed by atoms with Gasteiger partial charge < -0.3 is 4.90 Å². The van der Waals surface area contributed by atoms with Gasteiger partial charge in [0.05, 0.1) is 33.4 Å². The van der Waals surface area contributed by atoms with Crippen LogP contribution < -0.4 is 4.90 Å². The molecule has 0 bridgehead atoms. The standard InChI is InChI=1S/C23H24ClN5OS.ClH/c1-15-12-17(24)13-20-21(15)26-23(31-20)28(11-10-27(3)4)22(30)19-14-25-29(16(19)2)18-8-6-5-7-9-18;/h5-9,12-14H,10-11H2,1-4H3;1H. The summed E-state index contributed by atoms with van der Waals surface area (Å²) in [5.41, 5.74) is 4.16. The van der Waals surface area contributed by atoms with Gasteiger partial charge in [-0.15, -0.1) is 12.4 Å². The minimum absolute atomic E-state index is 0. The molecule has 2 aromatic carbocycles. The molecule has 4 rings (SSSR count). The zero-order valence-electron chi connectivity index (χ0n) is 18.4. The second-order valence-electron chi connectivity index (χ2n) is 7.72. The largest absolute Gasteiger partial charge is 0.308 e. The number of aryl methyl sites for hydroxylation is 1. The zero-order chi connectivity index (χ0) is 22.1. The average molecular weight is 490 g/mol. The van der Waals surface area contributed by atoms with E-state index in [1.165, 1.54) is 11.3 Å². The first-order valence-electron chi connectivity index (χ1n) is 9.98. The van der Waals surface area contributed by atoms with Gasteiger partial charge in [-0.05, 0) is 57.8 Å². The van der Waals surface area contributed by atoms with Gasteiger partial charge in [0.25, 0.3) is 5.91 Å². The number of para-hydroxylation sites is 1. The molecule has 168 valence electrons. The number of anilines is 1. The van der Waals surface area contributed by atoms with E-state index in [1.54, 1.807) is 15.8 Å². The number of amides is 1. The van der Waals surface area contributed by atoms with Crippen LogP contribution in [-0.4, -0.2) is 52.8 Å². The Balaban J connectivity index is 0.00000289. The third-order valence-corrected chi connectivity index (χ3v) is 6.37. The summed E-state index contributed by atoms with van der Waals surface area (Å²) in [6, 6.07) is 13.6. The normalized spacial score (nSPS) is 11.1. The first kappa shape index (κ1) is 24.2. The van der Waals surface area contributed by atoms with Crippen LogP contribution >= 0.6 is 35.3 Å². The summed E-state index contributed by atoms with van der Waals surface area (Å²) >= 11 is 7.72. The van der Waals surface area contributed by atoms with E-state index in [2.05, 4.69) is 10.00 Å². The molecule has 4 aromatic rings. The van der Waals surface area contributed by atoms with Crippen molar-refractivity contribution in [1.82, 2.24) is 19.7 Å². The predicted octanol–water partition coefficient (Wildman–Crippen LogP) is 5.38. The Morgan fingerprint density at radius 1 is 1.12 bits per heavy atom. The fraction of sp³-hybridized carbons (Fsp3) is 0.261. The van der Waals surface area contributed by atoms with Crippen molar-refractivity contribution in [1.29, 1.82) is 0 Å². The number of nitrogens with zero attached hydrogens (tertiary/aromatic N) is 5. The molecule has 0 fully saturated rings. The van der Waals surface area contributed by atoms with E-state index in [9.17, 15) is 4.79 Å². The van der Waals surface area contributed by atoms with Crippen molar-refractivity contribution >= 4 is 56.6 Å². The number of hydrogen-bond acceptors (Lipinski definition) is 5. The molecule has 0 saturated carbocycles.